The van der Waals surface area contributed by atoms with Gasteiger partial charge < -0.3 is 39.4 Å². The number of aliphatic hydroxyl groups is 4. The van der Waals surface area contributed by atoms with Gasteiger partial charge in [0.2, 0.25) is 0 Å². The largest absolute Gasteiger partial charge is 0.462 e. The summed E-state index contributed by atoms with van der Waals surface area (Å²) in [6, 6.07) is 0. The fourth-order valence-electron chi connectivity index (χ4n) is 5.23. The first-order chi connectivity index (χ1) is 23.3. The van der Waals surface area contributed by atoms with Crippen LogP contribution in [0.15, 0.2) is 36.5 Å². The molecule has 1 aliphatic heterocycles. The zero-order valence-electron chi connectivity index (χ0n) is 29.7. The number of unbranched alkanes of at least 4 members (excludes halogenated alkanes) is 12. The van der Waals surface area contributed by atoms with Crippen molar-refractivity contribution in [3.63, 3.8) is 0 Å². The molecule has 10 heteroatoms. The summed E-state index contributed by atoms with van der Waals surface area (Å²) in [4.78, 5) is 25.1. The third kappa shape index (κ3) is 21.8. The Balaban J connectivity index is 2.44. The van der Waals surface area contributed by atoms with Gasteiger partial charge in [-0.05, 0) is 57.8 Å². The van der Waals surface area contributed by atoms with Crippen molar-refractivity contribution in [3.05, 3.63) is 36.5 Å². The minimum atomic E-state index is -1.60. The Labute approximate surface area is 289 Å². The number of ether oxygens (including phenoxy) is 4. The van der Waals surface area contributed by atoms with Crippen LogP contribution in [0.4, 0.5) is 0 Å². The summed E-state index contributed by atoms with van der Waals surface area (Å²) in [5.41, 5.74) is 0. The molecule has 0 bridgehead atoms. The van der Waals surface area contributed by atoms with E-state index in [0.717, 1.165) is 89.9 Å². The molecule has 0 aromatic carbocycles. The van der Waals surface area contributed by atoms with Crippen LogP contribution in [0.3, 0.4) is 0 Å². The molecule has 0 amide bonds. The standard InChI is InChI=1S/C38H66O10/c1-3-5-7-9-11-13-15-16-17-19-21-23-25-27-34(41)47-31(30-46-38-37(44)36(43)35(42)32(28-39)48-38)29-45-33(40)26-24-22-20-18-14-12-10-8-6-4-2/h7-10,13,15,31-32,35-39,42-44H,3-6,11-12,14,16-30H2,1-2H3/b9-7-,10-8-,15-13-. The van der Waals surface area contributed by atoms with E-state index in [4.69, 9.17) is 18.9 Å². The van der Waals surface area contributed by atoms with E-state index in [9.17, 15) is 30.0 Å². The highest BCUT2D eigenvalue weighted by molar-refractivity contribution is 5.70. The molecule has 1 aliphatic rings. The molecule has 48 heavy (non-hydrogen) atoms. The van der Waals surface area contributed by atoms with E-state index in [1.165, 1.54) is 6.42 Å². The molecule has 0 saturated carbocycles. The highest BCUT2D eigenvalue weighted by Crippen LogP contribution is 2.22. The van der Waals surface area contributed by atoms with Crippen molar-refractivity contribution in [2.24, 2.45) is 0 Å². The van der Waals surface area contributed by atoms with Gasteiger partial charge in [-0.15, -0.1) is 0 Å². The minimum Gasteiger partial charge on any atom is -0.462 e. The van der Waals surface area contributed by atoms with E-state index in [-0.39, 0.29) is 26.1 Å². The van der Waals surface area contributed by atoms with Gasteiger partial charge >= 0.3 is 11.9 Å². The Bertz CT molecular complexity index is 887. The summed E-state index contributed by atoms with van der Waals surface area (Å²) < 4.78 is 22.0. The first-order valence-corrected chi connectivity index (χ1v) is 18.6. The molecule has 10 nitrogen and oxygen atoms in total. The van der Waals surface area contributed by atoms with E-state index in [1.54, 1.807) is 0 Å². The SMILES string of the molecule is CCC/C=C\C/C=C\CCCCCCCC(=O)OC(COC(=O)CCCCCCC/C=C\CCC)COC1OC(CO)C(O)C(O)C1O. The molecule has 0 aromatic rings. The molecule has 6 unspecified atom stereocenters. The van der Waals surface area contributed by atoms with Gasteiger partial charge in [0.1, 0.15) is 31.0 Å². The first kappa shape index (κ1) is 43.9. The second kappa shape index (κ2) is 29.8. The van der Waals surface area contributed by atoms with E-state index in [1.807, 2.05) is 0 Å². The molecule has 0 aromatic heterocycles. The van der Waals surface area contributed by atoms with Crippen LogP contribution in [-0.4, -0.2) is 89.0 Å². The number of aliphatic hydroxyl groups excluding tert-OH is 4. The first-order valence-electron chi connectivity index (χ1n) is 18.6. The van der Waals surface area contributed by atoms with Crippen molar-refractivity contribution < 1.29 is 49.0 Å². The predicted octanol–water partition coefficient (Wildman–Crippen LogP) is 6.38. The maximum atomic E-state index is 12.7. The van der Waals surface area contributed by atoms with Crippen LogP contribution < -0.4 is 0 Å². The van der Waals surface area contributed by atoms with Crippen LogP contribution in [0.2, 0.25) is 0 Å². The molecular weight excluding hydrogens is 616 g/mol. The molecule has 1 fully saturated rings. The number of esters is 2. The van der Waals surface area contributed by atoms with Gasteiger partial charge in [-0.3, -0.25) is 9.59 Å². The van der Waals surface area contributed by atoms with Gasteiger partial charge in [0.25, 0.3) is 0 Å². The van der Waals surface area contributed by atoms with Crippen molar-refractivity contribution in [2.75, 3.05) is 19.8 Å². The Hall–Kier alpha value is -2.08. The van der Waals surface area contributed by atoms with E-state index in [0.29, 0.717) is 12.8 Å². The highest BCUT2D eigenvalue weighted by Gasteiger charge is 2.44. The lowest BCUT2D eigenvalue weighted by atomic mass is 9.99. The normalized spacial score (nSPS) is 22.2. The summed E-state index contributed by atoms with van der Waals surface area (Å²) in [7, 11) is 0. The van der Waals surface area contributed by atoms with Crippen molar-refractivity contribution in [1.82, 2.24) is 0 Å². The molecule has 6 atom stereocenters. The fraction of sp³-hybridized carbons (Fsp3) is 0.789. The average Bonchev–Trinajstić information content (AvgIpc) is 3.08. The van der Waals surface area contributed by atoms with Crippen LogP contribution in [0.1, 0.15) is 136 Å². The number of hydrogen-bond donors (Lipinski definition) is 4. The molecule has 278 valence electrons. The maximum absolute atomic E-state index is 12.7. The van der Waals surface area contributed by atoms with Gasteiger partial charge in [0.05, 0.1) is 13.2 Å². The Kier molecular flexibility index (Phi) is 27.3. The molecular formula is C38H66O10. The van der Waals surface area contributed by atoms with Crippen LogP contribution in [0, 0.1) is 0 Å². The summed E-state index contributed by atoms with van der Waals surface area (Å²) in [5, 5.41) is 39.8. The maximum Gasteiger partial charge on any atom is 0.306 e. The fourth-order valence-corrected chi connectivity index (χ4v) is 5.23. The quantitative estimate of drug-likeness (QED) is 0.0397. The summed E-state index contributed by atoms with van der Waals surface area (Å²) >= 11 is 0. The molecule has 0 spiro atoms. The number of hydrogen-bond acceptors (Lipinski definition) is 10. The monoisotopic (exact) mass is 682 g/mol. The zero-order chi connectivity index (χ0) is 35.2. The third-order valence-electron chi connectivity index (χ3n) is 8.21. The third-order valence-corrected chi connectivity index (χ3v) is 8.21. The topological polar surface area (TPSA) is 152 Å². The van der Waals surface area contributed by atoms with E-state index in [2.05, 4.69) is 50.3 Å². The predicted molar refractivity (Wildman–Crippen MR) is 187 cm³/mol. The average molecular weight is 683 g/mol. The lowest BCUT2D eigenvalue weighted by Gasteiger charge is -2.39. The summed E-state index contributed by atoms with van der Waals surface area (Å²) in [6.07, 6.45) is 23.1. The second-order valence-electron chi connectivity index (χ2n) is 12.7. The van der Waals surface area contributed by atoms with Gasteiger partial charge in [-0.25, -0.2) is 0 Å². The molecule has 4 N–H and O–H groups in total. The van der Waals surface area contributed by atoms with Crippen molar-refractivity contribution in [2.45, 2.75) is 173 Å². The van der Waals surface area contributed by atoms with Crippen LogP contribution >= 0.6 is 0 Å². The lowest BCUT2D eigenvalue weighted by molar-refractivity contribution is -0.305. The van der Waals surface area contributed by atoms with Gasteiger partial charge in [-0.1, -0.05) is 102 Å². The van der Waals surface area contributed by atoms with Crippen molar-refractivity contribution >= 4 is 11.9 Å². The summed E-state index contributed by atoms with van der Waals surface area (Å²) in [5.74, 6) is -0.841. The van der Waals surface area contributed by atoms with E-state index < -0.39 is 55.4 Å². The Morgan fingerprint density at radius 1 is 0.646 bits per heavy atom. The number of allylic oxidation sites excluding steroid dienone is 6. The van der Waals surface area contributed by atoms with Crippen molar-refractivity contribution in [3.8, 4) is 0 Å². The highest BCUT2D eigenvalue weighted by atomic mass is 16.7. The number of carbonyl (C=O) groups excluding carboxylic acids is 2. The van der Waals surface area contributed by atoms with Gasteiger partial charge in [-0.2, -0.15) is 0 Å². The zero-order valence-corrected chi connectivity index (χ0v) is 29.7. The molecule has 0 aliphatic carbocycles. The lowest BCUT2D eigenvalue weighted by Crippen LogP contribution is -2.59. The van der Waals surface area contributed by atoms with Crippen LogP contribution in [-0.2, 0) is 28.5 Å². The molecule has 1 heterocycles. The Morgan fingerprint density at radius 2 is 1.17 bits per heavy atom. The van der Waals surface area contributed by atoms with Gasteiger partial charge in [0, 0.05) is 12.8 Å². The minimum absolute atomic E-state index is 0.211. The molecule has 0 radical (unpaired) electrons. The second-order valence-corrected chi connectivity index (χ2v) is 12.7. The van der Waals surface area contributed by atoms with Crippen molar-refractivity contribution in [1.29, 1.82) is 0 Å². The number of rotatable bonds is 29. The Morgan fingerprint density at radius 3 is 1.77 bits per heavy atom. The molecule has 1 rings (SSSR count). The number of carbonyl (C=O) groups is 2. The summed E-state index contributed by atoms with van der Waals surface area (Å²) in [6.45, 7) is 3.23. The van der Waals surface area contributed by atoms with Gasteiger partial charge in [0.15, 0.2) is 12.4 Å². The van der Waals surface area contributed by atoms with Crippen LogP contribution in [0.25, 0.3) is 0 Å². The smallest absolute Gasteiger partial charge is 0.306 e. The van der Waals surface area contributed by atoms with Crippen LogP contribution in [0.5, 0.6) is 0 Å². The van der Waals surface area contributed by atoms with E-state index >= 15 is 0 Å². The molecule has 1 saturated heterocycles.